The molecule has 2 aromatic carbocycles. The number of benzene rings is 2. The lowest BCUT2D eigenvalue weighted by molar-refractivity contribution is -0.255. The molecule has 0 saturated heterocycles. The Kier molecular flexibility index (Phi) is 2.52. The third-order valence-corrected chi connectivity index (χ3v) is 3.29. The van der Waals surface area contributed by atoms with Gasteiger partial charge in [0.15, 0.2) is 0 Å². The van der Waals surface area contributed by atoms with Crippen LogP contribution in [0.1, 0.15) is 21.5 Å². The van der Waals surface area contributed by atoms with Crippen LogP contribution in [-0.2, 0) is 13.1 Å². The van der Waals surface area contributed by atoms with Gasteiger partial charge in [0.25, 0.3) is 0 Å². The number of anilines is 1. The number of hydrogen-bond acceptors (Lipinski definition) is 3. The summed E-state index contributed by atoms with van der Waals surface area (Å²) in [4.78, 5) is 13.0. The van der Waals surface area contributed by atoms with Gasteiger partial charge in [0, 0.05) is 18.8 Å². The van der Waals surface area contributed by atoms with Crippen molar-refractivity contribution in [1.29, 1.82) is 0 Å². The highest BCUT2D eigenvalue weighted by Crippen LogP contribution is 2.28. The number of carbonyl (C=O) groups excluding carboxylic acids is 1. The third kappa shape index (κ3) is 1.84. The molecule has 18 heavy (non-hydrogen) atoms. The summed E-state index contributed by atoms with van der Waals surface area (Å²) in [5, 5.41) is 10.9. The van der Waals surface area contributed by atoms with Crippen molar-refractivity contribution >= 4 is 11.7 Å². The van der Waals surface area contributed by atoms with Crippen molar-refractivity contribution in [2.24, 2.45) is 0 Å². The van der Waals surface area contributed by atoms with Crippen molar-refractivity contribution in [3.8, 4) is 0 Å². The molecule has 1 aliphatic heterocycles. The molecule has 0 unspecified atom stereocenters. The summed E-state index contributed by atoms with van der Waals surface area (Å²) in [6.45, 7) is 1.65. The summed E-state index contributed by atoms with van der Waals surface area (Å²) in [5.74, 6) is -1.13. The number of nitrogens with zero attached hydrogens (tertiary/aromatic N) is 1. The number of carboxylic acids is 1. The van der Waals surface area contributed by atoms with E-state index in [0.717, 1.165) is 18.8 Å². The van der Waals surface area contributed by atoms with Gasteiger partial charge in [-0.2, -0.15) is 0 Å². The Morgan fingerprint density at radius 1 is 1.00 bits per heavy atom. The van der Waals surface area contributed by atoms with Crippen molar-refractivity contribution in [1.82, 2.24) is 0 Å². The molecule has 0 bridgehead atoms. The highest BCUT2D eigenvalue weighted by molar-refractivity contribution is 5.87. The molecular weight excluding hydrogens is 226 g/mol. The first-order chi connectivity index (χ1) is 8.74. The molecule has 1 aliphatic rings. The van der Waals surface area contributed by atoms with Crippen LogP contribution in [-0.4, -0.2) is 5.97 Å². The summed E-state index contributed by atoms with van der Waals surface area (Å²) in [7, 11) is 0. The molecule has 3 heteroatoms. The number of carboxylic acid groups (broad SMARTS) is 1. The molecule has 0 amide bonds. The van der Waals surface area contributed by atoms with Crippen molar-refractivity contribution in [2.45, 2.75) is 13.1 Å². The van der Waals surface area contributed by atoms with Crippen LogP contribution in [0.3, 0.4) is 0 Å². The molecule has 2 aromatic rings. The molecule has 0 fully saturated rings. The third-order valence-electron chi connectivity index (χ3n) is 3.29. The van der Waals surface area contributed by atoms with E-state index in [0.29, 0.717) is 0 Å². The van der Waals surface area contributed by atoms with Crippen LogP contribution in [0.4, 0.5) is 5.69 Å². The van der Waals surface area contributed by atoms with Crippen molar-refractivity contribution in [3.63, 3.8) is 0 Å². The molecule has 1 heterocycles. The lowest BCUT2D eigenvalue weighted by Gasteiger charge is -2.18. The number of hydrogen-bond donors (Lipinski definition) is 0. The van der Waals surface area contributed by atoms with E-state index in [1.165, 1.54) is 11.1 Å². The van der Waals surface area contributed by atoms with Crippen LogP contribution in [0.25, 0.3) is 0 Å². The fraction of sp³-hybridized carbons (Fsp3) is 0.133. The molecule has 0 saturated carbocycles. The lowest BCUT2D eigenvalue weighted by atomic mass is 10.1. The van der Waals surface area contributed by atoms with E-state index in [9.17, 15) is 9.90 Å². The van der Waals surface area contributed by atoms with E-state index < -0.39 is 5.97 Å². The normalized spacial score (nSPS) is 13.4. The summed E-state index contributed by atoms with van der Waals surface area (Å²) in [6.07, 6.45) is 0. The van der Waals surface area contributed by atoms with Gasteiger partial charge in [0.1, 0.15) is 0 Å². The highest BCUT2D eigenvalue weighted by Gasteiger charge is 2.18. The maximum Gasteiger partial charge on any atom is 0.0716 e. The molecule has 0 spiro atoms. The Balaban J connectivity index is 1.90. The topological polar surface area (TPSA) is 43.4 Å². The largest absolute Gasteiger partial charge is 0.545 e. The lowest BCUT2D eigenvalue weighted by Crippen LogP contribution is -2.23. The van der Waals surface area contributed by atoms with Crippen molar-refractivity contribution in [3.05, 3.63) is 65.2 Å². The maximum atomic E-state index is 10.9. The summed E-state index contributed by atoms with van der Waals surface area (Å²) >= 11 is 0. The first-order valence-electron chi connectivity index (χ1n) is 5.87. The SMILES string of the molecule is O=C([O-])c1cccc(N2Cc3ccccc3C2)c1. The molecular formula is C15H12NO2-. The van der Waals surface area contributed by atoms with Gasteiger partial charge in [0.05, 0.1) is 5.97 Å². The Labute approximate surface area is 105 Å². The highest BCUT2D eigenvalue weighted by atomic mass is 16.4. The summed E-state index contributed by atoms with van der Waals surface area (Å²) in [6, 6.07) is 15.2. The zero-order valence-electron chi connectivity index (χ0n) is 9.80. The molecule has 90 valence electrons. The molecule has 3 nitrogen and oxygen atoms in total. The minimum absolute atomic E-state index is 0.225. The van der Waals surface area contributed by atoms with E-state index >= 15 is 0 Å². The number of rotatable bonds is 2. The van der Waals surface area contributed by atoms with Crippen LogP contribution < -0.4 is 10.0 Å². The quantitative estimate of drug-likeness (QED) is 0.797. The van der Waals surface area contributed by atoms with Crippen LogP contribution in [0.2, 0.25) is 0 Å². The predicted octanol–water partition coefficient (Wildman–Crippen LogP) is 1.57. The predicted molar refractivity (Wildman–Crippen MR) is 67.1 cm³/mol. The van der Waals surface area contributed by atoms with Crippen LogP contribution in [0, 0.1) is 0 Å². The number of carbonyl (C=O) groups is 1. The van der Waals surface area contributed by atoms with E-state index in [-0.39, 0.29) is 5.56 Å². The van der Waals surface area contributed by atoms with Gasteiger partial charge in [0.2, 0.25) is 0 Å². The second-order valence-corrected chi connectivity index (χ2v) is 4.46. The van der Waals surface area contributed by atoms with Gasteiger partial charge in [-0.3, -0.25) is 0 Å². The zero-order chi connectivity index (χ0) is 12.5. The average Bonchev–Trinajstić information content (AvgIpc) is 2.82. The van der Waals surface area contributed by atoms with E-state index in [2.05, 4.69) is 17.0 Å². The summed E-state index contributed by atoms with van der Waals surface area (Å²) in [5.41, 5.74) is 3.75. The molecule has 0 aromatic heterocycles. The van der Waals surface area contributed by atoms with Crippen LogP contribution in [0.5, 0.6) is 0 Å². The first-order valence-corrected chi connectivity index (χ1v) is 5.87. The van der Waals surface area contributed by atoms with Crippen LogP contribution in [0.15, 0.2) is 48.5 Å². The van der Waals surface area contributed by atoms with Gasteiger partial charge in [-0.05, 0) is 28.8 Å². The fourth-order valence-electron chi connectivity index (χ4n) is 2.35. The number of aromatic carboxylic acids is 1. The Hall–Kier alpha value is -2.29. The van der Waals surface area contributed by atoms with Gasteiger partial charge in [-0.25, -0.2) is 0 Å². The molecule has 3 rings (SSSR count). The van der Waals surface area contributed by atoms with E-state index in [1.807, 2.05) is 18.2 Å². The number of fused-ring (bicyclic) bond motifs is 1. The second kappa shape index (κ2) is 4.18. The van der Waals surface area contributed by atoms with Crippen molar-refractivity contribution in [2.75, 3.05) is 4.90 Å². The Bertz CT molecular complexity index is 582. The molecule has 0 radical (unpaired) electrons. The maximum absolute atomic E-state index is 10.9. The smallest absolute Gasteiger partial charge is 0.0716 e. The minimum Gasteiger partial charge on any atom is -0.545 e. The second-order valence-electron chi connectivity index (χ2n) is 4.46. The zero-order valence-corrected chi connectivity index (χ0v) is 9.80. The molecule has 0 aliphatic carbocycles. The minimum atomic E-state index is -1.13. The summed E-state index contributed by atoms with van der Waals surface area (Å²) < 4.78 is 0. The van der Waals surface area contributed by atoms with Gasteiger partial charge in [-0.15, -0.1) is 0 Å². The van der Waals surface area contributed by atoms with E-state index in [1.54, 1.807) is 18.2 Å². The fourth-order valence-corrected chi connectivity index (χ4v) is 2.35. The van der Waals surface area contributed by atoms with Gasteiger partial charge in [-0.1, -0.05) is 36.4 Å². The first kappa shape index (κ1) is 10.8. The van der Waals surface area contributed by atoms with E-state index in [4.69, 9.17) is 0 Å². The van der Waals surface area contributed by atoms with Crippen molar-refractivity contribution < 1.29 is 9.90 Å². The standard InChI is InChI=1S/C15H13NO2/c17-15(18)11-6-3-7-14(8-11)16-9-12-4-1-2-5-13(12)10-16/h1-8H,9-10H2,(H,17,18)/p-1. The van der Waals surface area contributed by atoms with Crippen LogP contribution >= 0.6 is 0 Å². The monoisotopic (exact) mass is 238 g/mol. The Morgan fingerprint density at radius 3 is 2.28 bits per heavy atom. The Morgan fingerprint density at radius 2 is 1.67 bits per heavy atom. The average molecular weight is 238 g/mol. The molecule has 0 N–H and O–H groups in total. The van der Waals surface area contributed by atoms with Gasteiger partial charge < -0.3 is 14.8 Å². The van der Waals surface area contributed by atoms with Gasteiger partial charge >= 0.3 is 0 Å². The molecule has 0 atom stereocenters.